The molecule has 2 rings (SSSR count). The quantitative estimate of drug-likeness (QED) is 0.799. The second-order valence-electron chi connectivity index (χ2n) is 4.52. The first-order valence-corrected chi connectivity index (χ1v) is 5.64. The van der Waals surface area contributed by atoms with Crippen LogP contribution in [0.3, 0.4) is 0 Å². The summed E-state index contributed by atoms with van der Waals surface area (Å²) in [6.45, 7) is 1.98. The van der Waals surface area contributed by atoms with Gasteiger partial charge >= 0.3 is 0 Å². The predicted molar refractivity (Wildman–Crippen MR) is 60.3 cm³/mol. The highest BCUT2D eigenvalue weighted by Crippen LogP contribution is 2.38. The van der Waals surface area contributed by atoms with Crippen LogP contribution in [-0.4, -0.2) is 7.05 Å². The Morgan fingerprint density at radius 3 is 2.73 bits per heavy atom. The lowest BCUT2D eigenvalue weighted by Gasteiger charge is -2.18. The zero-order valence-electron chi connectivity index (χ0n) is 9.39. The summed E-state index contributed by atoms with van der Waals surface area (Å²) in [5, 5.41) is 3.33. The number of halogens is 1. The van der Waals surface area contributed by atoms with Crippen molar-refractivity contribution in [3.8, 4) is 0 Å². The molecule has 1 saturated carbocycles. The minimum absolute atomic E-state index is 0.141. The molecule has 2 heteroatoms. The Balaban J connectivity index is 2.16. The van der Waals surface area contributed by atoms with Crippen molar-refractivity contribution in [1.82, 2.24) is 5.32 Å². The monoisotopic (exact) mass is 207 g/mol. The molecule has 0 aromatic heterocycles. The van der Waals surface area contributed by atoms with Crippen LogP contribution in [0.5, 0.6) is 0 Å². The fourth-order valence-corrected chi connectivity index (χ4v) is 2.12. The molecule has 82 valence electrons. The van der Waals surface area contributed by atoms with E-state index in [-0.39, 0.29) is 5.82 Å². The molecule has 0 saturated heterocycles. The summed E-state index contributed by atoms with van der Waals surface area (Å²) in [7, 11) is 1.98. The Morgan fingerprint density at radius 1 is 1.47 bits per heavy atom. The van der Waals surface area contributed by atoms with Gasteiger partial charge in [0.1, 0.15) is 5.82 Å². The van der Waals surface area contributed by atoms with Gasteiger partial charge in [-0.05, 0) is 49.6 Å². The van der Waals surface area contributed by atoms with Gasteiger partial charge in [-0.1, -0.05) is 18.9 Å². The molecule has 1 aromatic carbocycles. The van der Waals surface area contributed by atoms with Crippen LogP contribution in [0.4, 0.5) is 4.39 Å². The average molecular weight is 207 g/mol. The van der Waals surface area contributed by atoms with Crippen LogP contribution < -0.4 is 5.32 Å². The van der Waals surface area contributed by atoms with Gasteiger partial charge in [0.15, 0.2) is 0 Å². The first-order chi connectivity index (χ1) is 7.20. The Hall–Kier alpha value is -0.890. The number of nitrogens with one attached hydrogen (secondary N) is 1. The predicted octanol–water partition coefficient (Wildman–Crippen LogP) is 3.19. The topological polar surface area (TPSA) is 12.0 Å². The molecule has 0 spiro atoms. The molecule has 0 aliphatic heterocycles. The molecule has 1 aromatic rings. The first-order valence-electron chi connectivity index (χ1n) is 5.64. The lowest BCUT2D eigenvalue weighted by molar-refractivity contribution is 0.511. The van der Waals surface area contributed by atoms with Crippen LogP contribution in [0.25, 0.3) is 0 Å². The highest BCUT2D eigenvalue weighted by molar-refractivity contribution is 5.29. The van der Waals surface area contributed by atoms with E-state index in [4.69, 9.17) is 0 Å². The fraction of sp³-hybridized carbons (Fsp3) is 0.538. The SMILES string of the molecule is CNC(CC1CC1)c1ccc(F)cc1C. The molecule has 1 fully saturated rings. The number of aryl methyl sites for hydroxylation is 1. The maximum absolute atomic E-state index is 13.0. The fourth-order valence-electron chi connectivity index (χ4n) is 2.12. The lowest BCUT2D eigenvalue weighted by Crippen LogP contribution is -2.18. The zero-order valence-corrected chi connectivity index (χ0v) is 9.39. The summed E-state index contributed by atoms with van der Waals surface area (Å²) >= 11 is 0. The van der Waals surface area contributed by atoms with Crippen LogP contribution in [0.15, 0.2) is 18.2 Å². The molecule has 1 N–H and O–H groups in total. The summed E-state index contributed by atoms with van der Waals surface area (Å²) in [6.07, 6.45) is 3.90. The van der Waals surface area contributed by atoms with E-state index in [1.807, 2.05) is 20.0 Å². The van der Waals surface area contributed by atoms with Gasteiger partial charge in [0.25, 0.3) is 0 Å². The van der Waals surface area contributed by atoms with Gasteiger partial charge in [-0.15, -0.1) is 0 Å². The van der Waals surface area contributed by atoms with E-state index < -0.39 is 0 Å². The number of rotatable bonds is 4. The molecule has 1 aliphatic rings. The normalized spacial score (nSPS) is 17.8. The van der Waals surface area contributed by atoms with E-state index in [0.29, 0.717) is 6.04 Å². The maximum atomic E-state index is 13.0. The third-order valence-corrected chi connectivity index (χ3v) is 3.22. The first kappa shape index (κ1) is 10.6. The van der Waals surface area contributed by atoms with Gasteiger partial charge in [0.05, 0.1) is 0 Å². The third kappa shape index (κ3) is 2.57. The van der Waals surface area contributed by atoms with Crippen molar-refractivity contribution in [3.05, 3.63) is 35.1 Å². The van der Waals surface area contributed by atoms with Crippen LogP contribution in [0, 0.1) is 18.7 Å². The van der Waals surface area contributed by atoms with E-state index in [9.17, 15) is 4.39 Å². The summed E-state index contributed by atoms with van der Waals surface area (Å²) in [4.78, 5) is 0. The Kier molecular flexibility index (Phi) is 3.06. The van der Waals surface area contributed by atoms with E-state index in [1.54, 1.807) is 12.1 Å². The van der Waals surface area contributed by atoms with Gasteiger partial charge in [-0.2, -0.15) is 0 Å². The Morgan fingerprint density at radius 2 is 2.20 bits per heavy atom. The molecule has 1 aliphatic carbocycles. The maximum Gasteiger partial charge on any atom is 0.123 e. The number of hydrogen-bond donors (Lipinski definition) is 1. The average Bonchev–Trinajstić information content (AvgIpc) is 2.99. The third-order valence-electron chi connectivity index (χ3n) is 3.22. The standard InChI is InChI=1S/C13H18FN/c1-9-7-11(14)5-6-12(9)13(15-2)8-10-3-4-10/h5-7,10,13,15H,3-4,8H2,1-2H3. The molecule has 0 amide bonds. The number of benzene rings is 1. The highest BCUT2D eigenvalue weighted by atomic mass is 19.1. The molecule has 1 atom stereocenters. The Bertz CT molecular complexity index is 344. The molecule has 15 heavy (non-hydrogen) atoms. The van der Waals surface area contributed by atoms with E-state index in [2.05, 4.69) is 5.32 Å². The highest BCUT2D eigenvalue weighted by Gasteiger charge is 2.26. The van der Waals surface area contributed by atoms with Gasteiger partial charge in [0, 0.05) is 6.04 Å². The van der Waals surface area contributed by atoms with E-state index >= 15 is 0 Å². The molecule has 1 nitrogen and oxygen atoms in total. The summed E-state index contributed by atoms with van der Waals surface area (Å²) in [6, 6.07) is 5.47. The van der Waals surface area contributed by atoms with E-state index in [1.165, 1.54) is 24.8 Å². The largest absolute Gasteiger partial charge is 0.313 e. The van der Waals surface area contributed by atoms with Gasteiger partial charge in [-0.25, -0.2) is 4.39 Å². The van der Waals surface area contributed by atoms with Crippen LogP contribution >= 0.6 is 0 Å². The Labute approximate surface area is 90.7 Å². The minimum Gasteiger partial charge on any atom is -0.313 e. The molecule has 0 radical (unpaired) electrons. The molecule has 1 unspecified atom stereocenters. The van der Waals surface area contributed by atoms with Crippen molar-refractivity contribution in [2.24, 2.45) is 5.92 Å². The molecular formula is C13H18FN. The zero-order chi connectivity index (χ0) is 10.8. The van der Waals surface area contributed by atoms with Crippen molar-refractivity contribution in [2.75, 3.05) is 7.05 Å². The minimum atomic E-state index is -0.141. The molecule has 0 bridgehead atoms. The lowest BCUT2D eigenvalue weighted by atomic mass is 9.97. The molecule has 0 heterocycles. The van der Waals surface area contributed by atoms with Crippen molar-refractivity contribution in [3.63, 3.8) is 0 Å². The van der Waals surface area contributed by atoms with Crippen LogP contribution in [-0.2, 0) is 0 Å². The van der Waals surface area contributed by atoms with Gasteiger partial charge in [-0.3, -0.25) is 0 Å². The summed E-state index contributed by atoms with van der Waals surface area (Å²) in [5.74, 6) is 0.740. The second kappa shape index (κ2) is 4.31. The van der Waals surface area contributed by atoms with Crippen molar-refractivity contribution < 1.29 is 4.39 Å². The van der Waals surface area contributed by atoms with Crippen molar-refractivity contribution in [2.45, 2.75) is 32.2 Å². The second-order valence-corrected chi connectivity index (χ2v) is 4.52. The van der Waals surface area contributed by atoms with Crippen LogP contribution in [0.1, 0.15) is 36.4 Å². The van der Waals surface area contributed by atoms with Crippen molar-refractivity contribution in [1.29, 1.82) is 0 Å². The number of hydrogen-bond acceptors (Lipinski definition) is 1. The smallest absolute Gasteiger partial charge is 0.123 e. The summed E-state index contributed by atoms with van der Waals surface area (Å²) < 4.78 is 13.0. The van der Waals surface area contributed by atoms with Gasteiger partial charge < -0.3 is 5.32 Å². The van der Waals surface area contributed by atoms with Crippen LogP contribution in [0.2, 0.25) is 0 Å². The van der Waals surface area contributed by atoms with Gasteiger partial charge in [0.2, 0.25) is 0 Å². The van der Waals surface area contributed by atoms with E-state index in [0.717, 1.165) is 11.5 Å². The molecular weight excluding hydrogens is 189 g/mol. The van der Waals surface area contributed by atoms with Crippen molar-refractivity contribution >= 4 is 0 Å². The summed E-state index contributed by atoms with van der Waals surface area (Å²) in [5.41, 5.74) is 2.29.